The third-order valence-corrected chi connectivity index (χ3v) is 3.85. The summed E-state index contributed by atoms with van der Waals surface area (Å²) in [5.74, 6) is -0.509. The van der Waals surface area contributed by atoms with Gasteiger partial charge in [-0.1, -0.05) is 17.7 Å². The minimum Gasteiger partial charge on any atom is -0.478 e. The van der Waals surface area contributed by atoms with Gasteiger partial charge in [-0.25, -0.2) is 4.79 Å². The van der Waals surface area contributed by atoms with Gasteiger partial charge < -0.3 is 14.4 Å². The Kier molecular flexibility index (Phi) is 4.56. The second-order valence-electron chi connectivity index (χ2n) is 5.06. The third kappa shape index (κ3) is 3.14. The molecule has 22 heavy (non-hydrogen) atoms. The maximum absolute atomic E-state index is 12.5. The molecule has 0 saturated heterocycles. The number of carbonyl (C=O) groups is 2. The van der Waals surface area contributed by atoms with Crippen LogP contribution in [0.2, 0.25) is 5.02 Å². The number of nitrogens with zero attached hydrogens (tertiary/aromatic N) is 1. The lowest BCUT2D eigenvalue weighted by atomic mass is 10.1. The molecule has 1 N–H and O–H groups in total. The maximum atomic E-state index is 12.5. The van der Waals surface area contributed by atoms with E-state index in [1.807, 2.05) is 0 Å². The number of aryl methyl sites for hydroxylation is 1. The number of hydrogen-bond donors (Lipinski definition) is 1. The molecule has 0 unspecified atom stereocenters. The van der Waals surface area contributed by atoms with Crippen LogP contribution in [0.1, 0.15) is 37.8 Å². The Morgan fingerprint density at radius 3 is 2.55 bits per heavy atom. The van der Waals surface area contributed by atoms with E-state index in [4.69, 9.17) is 21.1 Å². The molecule has 2 rings (SSSR count). The minimum absolute atomic E-state index is 0.106. The average Bonchev–Trinajstić information content (AvgIpc) is 2.82. The number of carboxylic acid groups (broad SMARTS) is 1. The van der Waals surface area contributed by atoms with Crippen LogP contribution in [0.25, 0.3) is 0 Å². The van der Waals surface area contributed by atoms with Gasteiger partial charge in [-0.3, -0.25) is 4.79 Å². The predicted molar refractivity (Wildman–Crippen MR) is 82.4 cm³/mol. The van der Waals surface area contributed by atoms with E-state index >= 15 is 0 Å². The molecule has 0 aliphatic rings. The van der Waals surface area contributed by atoms with Crippen molar-refractivity contribution in [2.24, 2.45) is 0 Å². The van der Waals surface area contributed by atoms with Gasteiger partial charge in [0.15, 0.2) is 0 Å². The summed E-state index contributed by atoms with van der Waals surface area (Å²) in [6.45, 7) is 3.54. The molecular weight excluding hydrogens is 306 g/mol. The molecular formula is C16H16ClNO4. The zero-order valence-electron chi connectivity index (χ0n) is 12.5. The molecule has 1 aromatic heterocycles. The minimum atomic E-state index is -1.05. The van der Waals surface area contributed by atoms with Crippen LogP contribution in [-0.2, 0) is 6.54 Å². The molecule has 0 fully saturated rings. The Morgan fingerprint density at radius 1 is 1.27 bits per heavy atom. The highest BCUT2D eigenvalue weighted by Gasteiger charge is 2.19. The van der Waals surface area contributed by atoms with Crippen molar-refractivity contribution < 1.29 is 19.1 Å². The number of halogens is 1. The molecule has 1 heterocycles. The number of carboxylic acids is 1. The van der Waals surface area contributed by atoms with Crippen LogP contribution in [0, 0.1) is 13.8 Å². The first kappa shape index (κ1) is 16.1. The first-order valence-electron chi connectivity index (χ1n) is 6.64. The van der Waals surface area contributed by atoms with E-state index in [1.165, 1.54) is 11.0 Å². The van der Waals surface area contributed by atoms with Gasteiger partial charge in [-0.15, -0.1) is 0 Å². The molecule has 1 amide bonds. The number of rotatable bonds is 4. The molecule has 0 saturated carbocycles. The zero-order chi connectivity index (χ0) is 16.4. The Bertz CT molecular complexity index is 736. The van der Waals surface area contributed by atoms with Crippen LogP contribution in [-0.4, -0.2) is 28.9 Å². The van der Waals surface area contributed by atoms with Gasteiger partial charge in [0.25, 0.3) is 5.91 Å². The number of benzene rings is 1. The first-order valence-corrected chi connectivity index (χ1v) is 7.02. The Labute approximate surface area is 133 Å². The lowest BCUT2D eigenvalue weighted by Crippen LogP contribution is -2.26. The molecule has 5 nitrogen and oxygen atoms in total. The number of hydrogen-bond acceptors (Lipinski definition) is 3. The molecule has 6 heteroatoms. The smallest absolute Gasteiger partial charge is 0.339 e. The summed E-state index contributed by atoms with van der Waals surface area (Å²) in [5.41, 5.74) is 1.33. The van der Waals surface area contributed by atoms with E-state index in [0.29, 0.717) is 27.7 Å². The van der Waals surface area contributed by atoms with Gasteiger partial charge in [0.1, 0.15) is 17.1 Å². The average molecular weight is 322 g/mol. The van der Waals surface area contributed by atoms with Gasteiger partial charge in [0.2, 0.25) is 0 Å². The van der Waals surface area contributed by atoms with Gasteiger partial charge in [0, 0.05) is 17.6 Å². The van der Waals surface area contributed by atoms with Crippen molar-refractivity contribution in [2.75, 3.05) is 7.05 Å². The van der Waals surface area contributed by atoms with Gasteiger partial charge in [0.05, 0.1) is 6.54 Å². The van der Waals surface area contributed by atoms with Crippen LogP contribution in [0.15, 0.2) is 28.7 Å². The highest BCUT2D eigenvalue weighted by Crippen LogP contribution is 2.21. The van der Waals surface area contributed by atoms with E-state index in [1.54, 1.807) is 39.1 Å². The zero-order valence-corrected chi connectivity index (χ0v) is 13.3. The summed E-state index contributed by atoms with van der Waals surface area (Å²) in [4.78, 5) is 24.9. The highest BCUT2D eigenvalue weighted by molar-refractivity contribution is 6.31. The van der Waals surface area contributed by atoms with Crippen molar-refractivity contribution >= 4 is 23.5 Å². The summed E-state index contributed by atoms with van der Waals surface area (Å²) in [6, 6.07) is 6.58. The van der Waals surface area contributed by atoms with Crippen molar-refractivity contribution in [3.8, 4) is 0 Å². The summed E-state index contributed by atoms with van der Waals surface area (Å²) in [6.07, 6.45) is 0. The van der Waals surface area contributed by atoms with Crippen molar-refractivity contribution in [3.63, 3.8) is 0 Å². The van der Waals surface area contributed by atoms with Crippen molar-refractivity contribution in [1.82, 2.24) is 4.90 Å². The maximum Gasteiger partial charge on any atom is 0.339 e. The van der Waals surface area contributed by atoms with E-state index in [0.717, 1.165) is 0 Å². The van der Waals surface area contributed by atoms with Crippen molar-refractivity contribution in [3.05, 3.63) is 57.5 Å². The molecule has 2 aromatic rings. The summed E-state index contributed by atoms with van der Waals surface area (Å²) in [5, 5.41) is 9.54. The lowest BCUT2D eigenvalue weighted by Gasteiger charge is -2.17. The largest absolute Gasteiger partial charge is 0.478 e. The molecule has 1 aromatic carbocycles. The topological polar surface area (TPSA) is 70.8 Å². The van der Waals surface area contributed by atoms with Crippen LogP contribution in [0.3, 0.4) is 0 Å². The fourth-order valence-electron chi connectivity index (χ4n) is 2.18. The predicted octanol–water partition coefficient (Wildman–Crippen LogP) is 3.52. The second-order valence-corrected chi connectivity index (χ2v) is 5.47. The molecule has 0 spiro atoms. The normalized spacial score (nSPS) is 10.5. The molecule has 0 aliphatic carbocycles. The fourth-order valence-corrected chi connectivity index (χ4v) is 2.36. The standard InChI is InChI=1S/C16H16ClNO4/c1-9-12(5-4-6-14(9)17)15(19)18(3)8-11-7-13(16(20)21)10(2)22-11/h4-7H,8H2,1-3H3,(H,20,21). The Hall–Kier alpha value is -2.27. The van der Waals surface area contributed by atoms with Crippen molar-refractivity contribution in [2.45, 2.75) is 20.4 Å². The first-order chi connectivity index (χ1) is 10.3. The Balaban J connectivity index is 2.20. The summed E-state index contributed by atoms with van der Waals surface area (Å²) < 4.78 is 5.39. The quantitative estimate of drug-likeness (QED) is 0.935. The summed E-state index contributed by atoms with van der Waals surface area (Å²) in [7, 11) is 1.63. The molecule has 0 bridgehead atoms. The molecule has 116 valence electrons. The van der Waals surface area contributed by atoms with Crippen LogP contribution < -0.4 is 0 Å². The summed E-state index contributed by atoms with van der Waals surface area (Å²) >= 11 is 6.03. The molecule has 0 aliphatic heterocycles. The van der Waals surface area contributed by atoms with Crippen molar-refractivity contribution in [1.29, 1.82) is 0 Å². The van der Waals surface area contributed by atoms with Crippen LogP contribution in [0.5, 0.6) is 0 Å². The molecule has 0 atom stereocenters. The molecule has 0 radical (unpaired) electrons. The van der Waals surface area contributed by atoms with Crippen LogP contribution >= 0.6 is 11.6 Å². The third-order valence-electron chi connectivity index (χ3n) is 3.44. The number of furan rings is 1. The number of aromatic carboxylic acids is 1. The number of amides is 1. The van der Waals surface area contributed by atoms with E-state index in [-0.39, 0.29) is 18.0 Å². The lowest BCUT2D eigenvalue weighted by molar-refractivity contribution is 0.0694. The fraction of sp³-hybridized carbons (Fsp3) is 0.250. The second kappa shape index (κ2) is 6.23. The van der Waals surface area contributed by atoms with E-state index in [9.17, 15) is 9.59 Å². The van der Waals surface area contributed by atoms with Crippen LogP contribution in [0.4, 0.5) is 0 Å². The van der Waals surface area contributed by atoms with E-state index < -0.39 is 5.97 Å². The monoisotopic (exact) mass is 321 g/mol. The van der Waals surface area contributed by atoms with E-state index in [2.05, 4.69) is 0 Å². The van der Waals surface area contributed by atoms with Gasteiger partial charge in [-0.05, 0) is 37.6 Å². The highest BCUT2D eigenvalue weighted by atomic mass is 35.5. The number of carbonyl (C=O) groups excluding carboxylic acids is 1. The SMILES string of the molecule is Cc1oc(CN(C)C(=O)c2cccc(Cl)c2C)cc1C(=O)O. The van der Waals surface area contributed by atoms with Gasteiger partial charge in [-0.2, -0.15) is 0 Å². The Morgan fingerprint density at radius 2 is 1.95 bits per heavy atom. The van der Waals surface area contributed by atoms with Gasteiger partial charge >= 0.3 is 5.97 Å².